The topological polar surface area (TPSA) is 104 Å². The second-order valence-corrected chi connectivity index (χ2v) is 3.27. The summed E-state index contributed by atoms with van der Waals surface area (Å²) in [5, 5.41) is 28.0. The van der Waals surface area contributed by atoms with Gasteiger partial charge in [0.15, 0.2) is 0 Å². The van der Waals surface area contributed by atoms with Gasteiger partial charge < -0.3 is 5.11 Å². The highest BCUT2D eigenvalue weighted by molar-refractivity contribution is 6.31. The lowest BCUT2D eigenvalue weighted by Crippen LogP contribution is -2.06. The summed E-state index contributed by atoms with van der Waals surface area (Å²) < 4.78 is 0. The first kappa shape index (κ1) is 11.9. The zero-order valence-corrected chi connectivity index (χ0v) is 8.56. The van der Waals surface area contributed by atoms with Crippen molar-refractivity contribution in [1.29, 1.82) is 5.26 Å². The lowest BCUT2D eigenvalue weighted by atomic mass is 10.1. The molecule has 0 unspecified atom stereocenters. The van der Waals surface area contributed by atoms with Crippen LogP contribution in [0.25, 0.3) is 0 Å². The summed E-state index contributed by atoms with van der Waals surface area (Å²) in [4.78, 5) is 20.5. The van der Waals surface area contributed by atoms with Crippen molar-refractivity contribution in [2.45, 2.75) is 6.42 Å². The van der Waals surface area contributed by atoms with E-state index in [-0.39, 0.29) is 16.1 Å². The SMILES string of the molecule is N#Cc1ccc(Cl)c(CC(=O)O)c1[N+](=O)[O-]. The predicted octanol–water partition coefficient (Wildman–Crippen LogP) is 1.75. The number of hydrogen-bond acceptors (Lipinski definition) is 4. The molecule has 0 spiro atoms. The van der Waals surface area contributed by atoms with Gasteiger partial charge in [-0.25, -0.2) is 0 Å². The first-order valence-corrected chi connectivity index (χ1v) is 4.42. The van der Waals surface area contributed by atoms with Gasteiger partial charge in [-0.3, -0.25) is 14.9 Å². The maximum Gasteiger partial charge on any atom is 0.308 e. The van der Waals surface area contributed by atoms with Crippen LogP contribution in [0.4, 0.5) is 5.69 Å². The molecule has 0 aliphatic carbocycles. The van der Waals surface area contributed by atoms with Crippen LogP contribution in [-0.4, -0.2) is 16.0 Å². The summed E-state index contributed by atoms with van der Waals surface area (Å²) in [7, 11) is 0. The number of carboxylic acids is 1. The van der Waals surface area contributed by atoms with Gasteiger partial charge in [0.05, 0.1) is 21.9 Å². The predicted molar refractivity (Wildman–Crippen MR) is 54.2 cm³/mol. The zero-order chi connectivity index (χ0) is 12.3. The lowest BCUT2D eigenvalue weighted by molar-refractivity contribution is -0.385. The fourth-order valence-electron chi connectivity index (χ4n) is 1.23. The number of nitro benzene ring substituents is 1. The molecule has 0 aromatic heterocycles. The molecule has 7 heteroatoms. The molecule has 1 N–H and O–H groups in total. The quantitative estimate of drug-likeness (QED) is 0.640. The summed E-state index contributed by atoms with van der Waals surface area (Å²) in [6.07, 6.45) is -0.593. The molecular formula is C9H5ClN2O4. The molecule has 0 aliphatic rings. The largest absolute Gasteiger partial charge is 0.481 e. The van der Waals surface area contributed by atoms with Gasteiger partial charge in [-0.05, 0) is 12.1 Å². The van der Waals surface area contributed by atoms with Crippen LogP contribution < -0.4 is 0 Å². The number of nitro groups is 1. The molecule has 1 aromatic carbocycles. The van der Waals surface area contributed by atoms with E-state index in [0.717, 1.165) is 0 Å². The summed E-state index contributed by atoms with van der Waals surface area (Å²) >= 11 is 5.67. The monoisotopic (exact) mass is 240 g/mol. The van der Waals surface area contributed by atoms with Gasteiger partial charge in [0.25, 0.3) is 5.69 Å². The molecule has 0 saturated carbocycles. The lowest BCUT2D eigenvalue weighted by Gasteiger charge is -2.03. The molecule has 0 aliphatic heterocycles. The number of benzene rings is 1. The minimum Gasteiger partial charge on any atom is -0.481 e. The van der Waals surface area contributed by atoms with Gasteiger partial charge in [0.2, 0.25) is 0 Å². The maximum absolute atomic E-state index is 10.7. The smallest absolute Gasteiger partial charge is 0.308 e. The molecule has 0 fully saturated rings. The van der Waals surface area contributed by atoms with E-state index >= 15 is 0 Å². The minimum atomic E-state index is -1.25. The van der Waals surface area contributed by atoms with E-state index in [4.69, 9.17) is 22.0 Å². The van der Waals surface area contributed by atoms with Crippen LogP contribution in [0, 0.1) is 21.4 Å². The van der Waals surface area contributed by atoms with Crippen LogP contribution in [0.1, 0.15) is 11.1 Å². The molecule has 6 nitrogen and oxygen atoms in total. The van der Waals surface area contributed by atoms with Crippen LogP contribution >= 0.6 is 11.6 Å². The summed E-state index contributed by atoms with van der Waals surface area (Å²) in [5.74, 6) is -1.25. The Labute approximate surface area is 94.8 Å². The fraction of sp³-hybridized carbons (Fsp3) is 0.111. The third kappa shape index (κ3) is 2.27. The molecule has 1 rings (SSSR count). The van der Waals surface area contributed by atoms with Crippen molar-refractivity contribution >= 4 is 23.3 Å². The molecule has 82 valence electrons. The highest BCUT2D eigenvalue weighted by atomic mass is 35.5. The second-order valence-electron chi connectivity index (χ2n) is 2.86. The number of halogens is 1. The molecule has 0 radical (unpaired) electrons. The Morgan fingerprint density at radius 2 is 2.25 bits per heavy atom. The maximum atomic E-state index is 10.7. The van der Waals surface area contributed by atoms with Gasteiger partial charge in [0, 0.05) is 0 Å². The van der Waals surface area contributed by atoms with Crippen molar-refractivity contribution in [3.8, 4) is 6.07 Å². The zero-order valence-electron chi connectivity index (χ0n) is 7.81. The molecule has 16 heavy (non-hydrogen) atoms. The summed E-state index contributed by atoms with van der Waals surface area (Å²) in [6.45, 7) is 0. The Kier molecular flexibility index (Phi) is 3.43. The number of nitrogens with zero attached hydrogens (tertiary/aromatic N) is 2. The minimum absolute atomic E-state index is 0.0342. The highest BCUT2D eigenvalue weighted by Crippen LogP contribution is 2.30. The van der Waals surface area contributed by atoms with Crippen LogP contribution in [0.3, 0.4) is 0 Å². The average Bonchev–Trinajstić information content (AvgIpc) is 2.19. The van der Waals surface area contributed by atoms with E-state index in [1.54, 1.807) is 6.07 Å². The van der Waals surface area contributed by atoms with Gasteiger partial charge >= 0.3 is 5.97 Å². The molecule has 1 aromatic rings. The van der Waals surface area contributed by atoms with E-state index in [2.05, 4.69) is 0 Å². The summed E-state index contributed by atoms with van der Waals surface area (Å²) in [5.41, 5.74) is -0.902. The summed E-state index contributed by atoms with van der Waals surface area (Å²) in [6, 6.07) is 4.08. The van der Waals surface area contributed by atoms with Crippen molar-refractivity contribution in [3.63, 3.8) is 0 Å². The molecule has 0 bridgehead atoms. The second kappa shape index (κ2) is 4.59. The molecule has 0 amide bonds. The highest BCUT2D eigenvalue weighted by Gasteiger charge is 2.24. The first-order valence-electron chi connectivity index (χ1n) is 4.05. The standard InChI is InChI=1S/C9H5ClN2O4/c10-7-2-1-5(4-11)9(12(15)16)6(7)3-8(13)14/h1-2H,3H2,(H,13,14). The molecule has 0 atom stereocenters. The third-order valence-electron chi connectivity index (χ3n) is 1.86. The van der Waals surface area contributed by atoms with Crippen LogP contribution in [0.5, 0.6) is 0 Å². The Bertz CT molecular complexity index is 507. The number of nitriles is 1. The first-order chi connectivity index (χ1) is 7.47. The van der Waals surface area contributed by atoms with Gasteiger partial charge in [-0.1, -0.05) is 11.6 Å². The average molecular weight is 241 g/mol. The number of rotatable bonds is 3. The van der Waals surface area contributed by atoms with Gasteiger partial charge in [-0.15, -0.1) is 0 Å². The van der Waals surface area contributed by atoms with E-state index in [9.17, 15) is 14.9 Å². The van der Waals surface area contributed by atoms with Crippen LogP contribution in [-0.2, 0) is 11.2 Å². The third-order valence-corrected chi connectivity index (χ3v) is 2.21. The fourth-order valence-corrected chi connectivity index (χ4v) is 1.45. The van der Waals surface area contributed by atoms with E-state index in [0.29, 0.717) is 0 Å². The molecule has 0 saturated heterocycles. The molecular weight excluding hydrogens is 236 g/mol. The van der Waals surface area contributed by atoms with E-state index in [1.807, 2.05) is 0 Å². The van der Waals surface area contributed by atoms with Crippen molar-refractivity contribution in [1.82, 2.24) is 0 Å². The van der Waals surface area contributed by atoms with E-state index < -0.39 is 23.0 Å². The van der Waals surface area contributed by atoms with Crippen molar-refractivity contribution in [2.24, 2.45) is 0 Å². The van der Waals surface area contributed by atoms with Gasteiger partial charge in [0.1, 0.15) is 11.6 Å². The number of carbonyl (C=O) groups is 1. The normalized spacial score (nSPS) is 9.50. The number of hydrogen-bond donors (Lipinski definition) is 1. The Balaban J connectivity index is 3.49. The Morgan fingerprint density at radius 3 is 2.69 bits per heavy atom. The number of aliphatic carboxylic acids is 1. The van der Waals surface area contributed by atoms with Crippen molar-refractivity contribution < 1.29 is 14.8 Å². The number of carboxylic acid groups (broad SMARTS) is 1. The van der Waals surface area contributed by atoms with Crippen molar-refractivity contribution in [2.75, 3.05) is 0 Å². The van der Waals surface area contributed by atoms with Crippen LogP contribution in [0.15, 0.2) is 12.1 Å². The Morgan fingerprint density at radius 1 is 1.62 bits per heavy atom. The Hall–Kier alpha value is -2.13. The van der Waals surface area contributed by atoms with Crippen LogP contribution in [0.2, 0.25) is 5.02 Å². The van der Waals surface area contributed by atoms with Gasteiger partial charge in [-0.2, -0.15) is 5.26 Å². The van der Waals surface area contributed by atoms with Crippen molar-refractivity contribution in [3.05, 3.63) is 38.4 Å². The molecule has 0 heterocycles. The van der Waals surface area contributed by atoms with E-state index in [1.165, 1.54) is 12.1 Å².